The molecule has 180 valence electrons. The van der Waals surface area contributed by atoms with Crippen LogP contribution in [0, 0.1) is 19.7 Å². The Morgan fingerprint density at radius 1 is 1.09 bits per heavy atom. The lowest BCUT2D eigenvalue weighted by molar-refractivity contribution is -0.118. The highest BCUT2D eigenvalue weighted by atomic mass is 35.5. The van der Waals surface area contributed by atoms with Crippen molar-refractivity contribution < 1.29 is 17.6 Å². The zero-order valence-electron chi connectivity index (χ0n) is 19.2. The highest BCUT2D eigenvalue weighted by Gasteiger charge is 2.23. The van der Waals surface area contributed by atoms with Crippen molar-refractivity contribution in [2.75, 3.05) is 37.8 Å². The van der Waals surface area contributed by atoms with Gasteiger partial charge in [0.05, 0.1) is 20.9 Å². The van der Waals surface area contributed by atoms with Crippen LogP contribution in [0.2, 0.25) is 0 Å². The Bertz CT molecular complexity index is 1210. The second-order valence-electron chi connectivity index (χ2n) is 8.15. The Balaban J connectivity index is 0.00000385. The zero-order chi connectivity index (χ0) is 23.5. The van der Waals surface area contributed by atoms with E-state index in [9.17, 15) is 17.6 Å². The number of hydrogen-bond acceptors (Lipinski definition) is 6. The average molecular weight is 514 g/mol. The largest absolute Gasteiger partial charge is 0.309 e. The molecule has 1 amide bonds. The number of nitrogens with zero attached hydrogens (tertiary/aromatic N) is 3. The van der Waals surface area contributed by atoms with Crippen LogP contribution in [0.25, 0.3) is 10.2 Å². The number of carbonyl (C=O) groups is 1. The molecule has 0 aliphatic rings. The Morgan fingerprint density at radius 2 is 1.76 bits per heavy atom. The molecule has 3 rings (SSSR count). The minimum Gasteiger partial charge on any atom is -0.309 e. The Morgan fingerprint density at radius 3 is 2.39 bits per heavy atom. The first-order valence-electron chi connectivity index (χ1n) is 10.4. The number of hydrogen-bond donors (Lipinski definition) is 0. The molecule has 0 aliphatic carbocycles. The van der Waals surface area contributed by atoms with Gasteiger partial charge in [-0.15, -0.1) is 12.4 Å². The van der Waals surface area contributed by atoms with E-state index in [0.29, 0.717) is 11.7 Å². The molecule has 0 bridgehead atoms. The van der Waals surface area contributed by atoms with Crippen molar-refractivity contribution in [2.45, 2.75) is 31.6 Å². The fraction of sp³-hybridized carbons (Fsp3) is 0.391. The van der Waals surface area contributed by atoms with E-state index < -0.39 is 15.7 Å². The summed E-state index contributed by atoms with van der Waals surface area (Å²) in [6.07, 6.45) is 0.562. The van der Waals surface area contributed by atoms with Gasteiger partial charge < -0.3 is 4.90 Å². The summed E-state index contributed by atoms with van der Waals surface area (Å²) in [5, 5.41) is 0.580. The second-order valence-corrected chi connectivity index (χ2v) is 11.2. The predicted molar refractivity (Wildman–Crippen MR) is 135 cm³/mol. The highest BCUT2D eigenvalue weighted by Crippen LogP contribution is 2.32. The van der Waals surface area contributed by atoms with Gasteiger partial charge in [0.25, 0.3) is 0 Å². The number of aromatic nitrogens is 1. The first kappa shape index (κ1) is 27.2. The normalized spacial score (nSPS) is 11.6. The maximum atomic E-state index is 13.1. The molecule has 0 atom stereocenters. The summed E-state index contributed by atoms with van der Waals surface area (Å²) in [4.78, 5) is 21.5. The molecule has 0 saturated carbocycles. The van der Waals surface area contributed by atoms with Crippen LogP contribution in [0.4, 0.5) is 9.52 Å². The van der Waals surface area contributed by atoms with E-state index in [1.54, 1.807) is 4.90 Å². The molecule has 0 radical (unpaired) electrons. The van der Waals surface area contributed by atoms with Crippen molar-refractivity contribution in [1.82, 2.24) is 9.88 Å². The molecule has 1 heterocycles. The quantitative estimate of drug-likeness (QED) is 0.390. The number of benzene rings is 2. The van der Waals surface area contributed by atoms with Crippen LogP contribution in [0.3, 0.4) is 0 Å². The van der Waals surface area contributed by atoms with Gasteiger partial charge >= 0.3 is 0 Å². The summed E-state index contributed by atoms with van der Waals surface area (Å²) in [5.74, 6) is -1.14. The summed E-state index contributed by atoms with van der Waals surface area (Å²) in [6, 6.07) is 8.73. The van der Waals surface area contributed by atoms with Gasteiger partial charge in [-0.05, 0) is 82.4 Å². The fourth-order valence-electron chi connectivity index (χ4n) is 3.47. The van der Waals surface area contributed by atoms with Gasteiger partial charge in [-0.2, -0.15) is 0 Å². The third-order valence-corrected chi connectivity index (χ3v) is 8.05. The van der Waals surface area contributed by atoms with Crippen LogP contribution >= 0.6 is 23.7 Å². The number of sulfone groups is 1. The molecule has 3 aromatic rings. The number of halogens is 2. The lowest BCUT2D eigenvalue weighted by Gasteiger charge is -2.21. The molecule has 0 unspecified atom stereocenters. The third-order valence-electron chi connectivity index (χ3n) is 5.09. The molecule has 0 aliphatic heterocycles. The third kappa shape index (κ3) is 6.96. The summed E-state index contributed by atoms with van der Waals surface area (Å²) < 4.78 is 39.4. The molecule has 0 fully saturated rings. The first-order chi connectivity index (χ1) is 15.1. The van der Waals surface area contributed by atoms with Gasteiger partial charge in [0, 0.05) is 13.0 Å². The molecule has 0 spiro atoms. The van der Waals surface area contributed by atoms with Gasteiger partial charge in [0.1, 0.15) is 5.82 Å². The van der Waals surface area contributed by atoms with Crippen LogP contribution in [-0.4, -0.2) is 57.1 Å². The maximum absolute atomic E-state index is 13.1. The summed E-state index contributed by atoms with van der Waals surface area (Å²) in [6.45, 7) is 5.27. The van der Waals surface area contributed by atoms with Crippen molar-refractivity contribution >= 4 is 54.8 Å². The Labute approximate surface area is 204 Å². The van der Waals surface area contributed by atoms with Crippen molar-refractivity contribution in [3.63, 3.8) is 0 Å². The van der Waals surface area contributed by atoms with Crippen LogP contribution < -0.4 is 4.90 Å². The van der Waals surface area contributed by atoms with Crippen LogP contribution in [0.5, 0.6) is 0 Å². The number of carbonyl (C=O) groups excluding carboxylic acids is 1. The molecule has 1 aromatic heterocycles. The minimum absolute atomic E-state index is 0. The standard InChI is InChI=1S/C23H28FN3O3S2.ClH/c1-16-14-17(2)22-20(15-16)25-23(31-22)27(12-5-11-26(3)4)21(28)10-13-32(29,30)19-8-6-18(24)7-9-19;/h6-9,14-15H,5,10-13H2,1-4H3;1H. The van der Waals surface area contributed by atoms with E-state index in [2.05, 4.69) is 11.1 Å². The average Bonchev–Trinajstić information content (AvgIpc) is 3.13. The monoisotopic (exact) mass is 513 g/mol. The topological polar surface area (TPSA) is 70.6 Å². The smallest absolute Gasteiger partial charge is 0.229 e. The number of amides is 1. The van der Waals surface area contributed by atoms with E-state index in [4.69, 9.17) is 0 Å². The van der Waals surface area contributed by atoms with E-state index in [1.807, 2.05) is 38.9 Å². The maximum Gasteiger partial charge on any atom is 0.229 e. The zero-order valence-corrected chi connectivity index (χ0v) is 21.6. The number of anilines is 1. The SMILES string of the molecule is Cc1cc(C)c2sc(N(CCCN(C)C)C(=O)CCS(=O)(=O)c3ccc(F)cc3)nc2c1.Cl. The summed E-state index contributed by atoms with van der Waals surface area (Å²) in [7, 11) is 0.229. The molecule has 2 aromatic carbocycles. The van der Waals surface area contributed by atoms with Gasteiger partial charge in [-0.1, -0.05) is 17.4 Å². The summed E-state index contributed by atoms with van der Waals surface area (Å²) in [5.41, 5.74) is 3.04. The van der Waals surface area contributed by atoms with Crippen LogP contribution in [-0.2, 0) is 14.6 Å². The fourth-order valence-corrected chi connectivity index (χ4v) is 5.76. The summed E-state index contributed by atoms with van der Waals surface area (Å²) >= 11 is 1.45. The number of thiazole rings is 1. The van der Waals surface area contributed by atoms with Crippen LogP contribution in [0.1, 0.15) is 24.0 Å². The number of rotatable bonds is 9. The van der Waals surface area contributed by atoms with E-state index in [1.165, 1.54) is 23.5 Å². The van der Waals surface area contributed by atoms with Gasteiger partial charge in [-0.3, -0.25) is 9.69 Å². The molecule has 0 saturated heterocycles. The van der Waals surface area contributed by atoms with E-state index in [0.717, 1.165) is 46.4 Å². The number of fused-ring (bicyclic) bond motifs is 1. The number of aryl methyl sites for hydroxylation is 2. The molecule has 33 heavy (non-hydrogen) atoms. The van der Waals surface area contributed by atoms with Crippen molar-refractivity contribution in [3.05, 3.63) is 53.3 Å². The minimum atomic E-state index is -3.70. The van der Waals surface area contributed by atoms with Gasteiger partial charge in [0.15, 0.2) is 15.0 Å². The van der Waals surface area contributed by atoms with Crippen molar-refractivity contribution in [2.24, 2.45) is 0 Å². The van der Waals surface area contributed by atoms with Crippen LogP contribution in [0.15, 0.2) is 41.3 Å². The van der Waals surface area contributed by atoms with Crippen molar-refractivity contribution in [3.8, 4) is 0 Å². The van der Waals surface area contributed by atoms with E-state index in [-0.39, 0.29) is 35.4 Å². The predicted octanol–water partition coefficient (Wildman–Crippen LogP) is 4.62. The Kier molecular flexibility index (Phi) is 9.37. The van der Waals surface area contributed by atoms with Gasteiger partial charge in [-0.25, -0.2) is 17.8 Å². The lowest BCUT2D eigenvalue weighted by atomic mass is 10.1. The highest BCUT2D eigenvalue weighted by molar-refractivity contribution is 7.91. The second kappa shape index (κ2) is 11.4. The molecular weight excluding hydrogens is 485 g/mol. The molecule has 6 nitrogen and oxygen atoms in total. The van der Waals surface area contributed by atoms with E-state index >= 15 is 0 Å². The molecule has 0 N–H and O–H groups in total. The Hall–Kier alpha value is -2.07. The lowest BCUT2D eigenvalue weighted by Crippen LogP contribution is -2.34. The van der Waals surface area contributed by atoms with Crippen molar-refractivity contribution in [1.29, 1.82) is 0 Å². The van der Waals surface area contributed by atoms with Gasteiger partial charge in [0.2, 0.25) is 5.91 Å². The molecular formula is C23H29ClFN3O3S2. The molecule has 10 heteroatoms. The first-order valence-corrected chi connectivity index (χ1v) is 12.8.